The summed E-state index contributed by atoms with van der Waals surface area (Å²) in [5, 5.41) is 0. The highest BCUT2D eigenvalue weighted by atomic mass is 15.2. The summed E-state index contributed by atoms with van der Waals surface area (Å²) in [6.45, 7) is 2.63. The fraction of sp³-hybridized carbons (Fsp3) is 0.467. The molecule has 1 aromatic rings. The van der Waals surface area contributed by atoms with E-state index in [1.54, 1.807) is 0 Å². The summed E-state index contributed by atoms with van der Waals surface area (Å²) in [4.78, 5) is 2.64. The van der Waals surface area contributed by atoms with Gasteiger partial charge in [0.15, 0.2) is 0 Å². The molecule has 1 aromatic carbocycles. The number of nitrogens with zero attached hydrogens (tertiary/aromatic N) is 1. The molecule has 2 bridgehead atoms. The van der Waals surface area contributed by atoms with Crippen molar-refractivity contribution < 1.29 is 0 Å². The molecule has 1 atom stereocenters. The average molecular weight is 213 g/mol. The quantitative estimate of drug-likeness (QED) is 0.729. The van der Waals surface area contributed by atoms with E-state index in [0.717, 1.165) is 5.92 Å². The number of piperidine rings is 3. The Kier molecular flexibility index (Phi) is 2.79. The first-order valence-electron chi connectivity index (χ1n) is 6.39. The Morgan fingerprint density at radius 3 is 2.44 bits per heavy atom. The summed E-state index contributed by atoms with van der Waals surface area (Å²) >= 11 is 0. The Morgan fingerprint density at radius 2 is 1.81 bits per heavy atom. The summed E-state index contributed by atoms with van der Waals surface area (Å²) in [6.07, 6.45) is 8.92. The number of rotatable bonds is 2. The standard InChI is InChI=1S/C15H19N/c1-2-4-13(5-3-1)6-7-15-12-14-8-10-16(15)11-9-14/h1-7,14-15H,8-12H2/b7-6+. The SMILES string of the molecule is C(=C\C1CC2CCN1CC2)/c1ccccc1. The fourth-order valence-corrected chi connectivity index (χ4v) is 3.00. The molecular formula is C15H19N. The topological polar surface area (TPSA) is 3.24 Å². The Balaban J connectivity index is 1.69. The first kappa shape index (κ1) is 10.1. The number of fused-ring (bicyclic) bond motifs is 3. The second kappa shape index (κ2) is 4.42. The Morgan fingerprint density at radius 1 is 1.06 bits per heavy atom. The van der Waals surface area contributed by atoms with Gasteiger partial charge < -0.3 is 0 Å². The van der Waals surface area contributed by atoms with Crippen LogP contribution in [-0.4, -0.2) is 24.0 Å². The lowest BCUT2D eigenvalue weighted by Crippen LogP contribution is -2.47. The van der Waals surface area contributed by atoms with E-state index in [0.29, 0.717) is 6.04 Å². The molecule has 0 N–H and O–H groups in total. The van der Waals surface area contributed by atoms with Crippen molar-refractivity contribution in [1.29, 1.82) is 0 Å². The van der Waals surface area contributed by atoms with Crippen LogP contribution in [0.3, 0.4) is 0 Å². The van der Waals surface area contributed by atoms with Crippen LogP contribution < -0.4 is 0 Å². The monoisotopic (exact) mass is 213 g/mol. The van der Waals surface area contributed by atoms with Gasteiger partial charge in [0.05, 0.1) is 0 Å². The summed E-state index contributed by atoms with van der Waals surface area (Å²) in [7, 11) is 0. The van der Waals surface area contributed by atoms with Crippen molar-refractivity contribution in [3.63, 3.8) is 0 Å². The zero-order chi connectivity index (χ0) is 10.8. The average Bonchev–Trinajstić information content (AvgIpc) is 2.39. The van der Waals surface area contributed by atoms with Crippen LogP contribution in [0.1, 0.15) is 24.8 Å². The third-order valence-corrected chi connectivity index (χ3v) is 4.00. The molecule has 0 aliphatic carbocycles. The smallest absolute Gasteiger partial charge is 0.0284 e. The van der Waals surface area contributed by atoms with Gasteiger partial charge in [-0.2, -0.15) is 0 Å². The van der Waals surface area contributed by atoms with Gasteiger partial charge in [0.25, 0.3) is 0 Å². The second-order valence-electron chi connectivity index (χ2n) is 5.05. The van der Waals surface area contributed by atoms with Crippen LogP contribution in [0, 0.1) is 5.92 Å². The lowest BCUT2D eigenvalue weighted by molar-refractivity contribution is 0.0740. The molecule has 1 unspecified atom stereocenters. The minimum atomic E-state index is 0.702. The maximum atomic E-state index is 2.64. The number of benzene rings is 1. The predicted molar refractivity (Wildman–Crippen MR) is 68.2 cm³/mol. The van der Waals surface area contributed by atoms with Crippen LogP contribution in [0.4, 0.5) is 0 Å². The zero-order valence-electron chi connectivity index (χ0n) is 9.68. The largest absolute Gasteiger partial charge is 0.297 e. The second-order valence-corrected chi connectivity index (χ2v) is 5.05. The van der Waals surface area contributed by atoms with Crippen LogP contribution in [0.5, 0.6) is 0 Å². The third kappa shape index (κ3) is 2.05. The van der Waals surface area contributed by atoms with E-state index >= 15 is 0 Å². The van der Waals surface area contributed by atoms with Gasteiger partial charge in [-0.05, 0) is 43.8 Å². The van der Waals surface area contributed by atoms with Gasteiger partial charge in [-0.15, -0.1) is 0 Å². The van der Waals surface area contributed by atoms with Crippen molar-refractivity contribution in [2.45, 2.75) is 25.3 Å². The lowest BCUT2D eigenvalue weighted by atomic mass is 9.83. The van der Waals surface area contributed by atoms with Crippen LogP contribution in [-0.2, 0) is 0 Å². The highest BCUT2D eigenvalue weighted by Gasteiger charge is 2.31. The molecule has 3 aliphatic rings. The molecule has 0 radical (unpaired) electrons. The summed E-state index contributed by atoms with van der Waals surface area (Å²) < 4.78 is 0. The van der Waals surface area contributed by atoms with Crippen LogP contribution >= 0.6 is 0 Å². The Hall–Kier alpha value is -1.08. The molecule has 4 rings (SSSR count). The van der Waals surface area contributed by atoms with Gasteiger partial charge in [-0.25, -0.2) is 0 Å². The van der Waals surface area contributed by atoms with Gasteiger partial charge >= 0.3 is 0 Å². The van der Waals surface area contributed by atoms with E-state index in [1.165, 1.54) is 37.9 Å². The molecule has 84 valence electrons. The first-order chi connectivity index (χ1) is 7.92. The summed E-state index contributed by atoms with van der Waals surface area (Å²) in [5.74, 6) is 0.996. The van der Waals surface area contributed by atoms with Crippen molar-refractivity contribution in [3.05, 3.63) is 42.0 Å². The zero-order valence-corrected chi connectivity index (χ0v) is 9.68. The molecule has 0 aromatic heterocycles. The van der Waals surface area contributed by atoms with E-state index in [-0.39, 0.29) is 0 Å². The van der Waals surface area contributed by atoms with Crippen LogP contribution in [0.25, 0.3) is 6.08 Å². The molecule has 1 nitrogen and oxygen atoms in total. The van der Waals surface area contributed by atoms with Gasteiger partial charge in [-0.3, -0.25) is 4.90 Å². The van der Waals surface area contributed by atoms with Gasteiger partial charge in [0.2, 0.25) is 0 Å². The third-order valence-electron chi connectivity index (χ3n) is 4.00. The van der Waals surface area contributed by atoms with E-state index in [2.05, 4.69) is 47.4 Å². The highest BCUT2D eigenvalue weighted by Crippen LogP contribution is 2.32. The Bertz CT molecular complexity index is 360. The van der Waals surface area contributed by atoms with Crippen molar-refractivity contribution in [2.24, 2.45) is 5.92 Å². The van der Waals surface area contributed by atoms with Crippen molar-refractivity contribution >= 4 is 6.08 Å². The minimum Gasteiger partial charge on any atom is -0.297 e. The molecule has 16 heavy (non-hydrogen) atoms. The number of hydrogen-bond donors (Lipinski definition) is 0. The molecule has 3 fully saturated rings. The maximum absolute atomic E-state index is 2.64. The molecule has 0 spiro atoms. The van der Waals surface area contributed by atoms with Gasteiger partial charge in [-0.1, -0.05) is 42.5 Å². The van der Waals surface area contributed by atoms with Crippen molar-refractivity contribution in [3.8, 4) is 0 Å². The number of hydrogen-bond acceptors (Lipinski definition) is 1. The molecule has 3 aliphatic heterocycles. The highest BCUT2D eigenvalue weighted by molar-refractivity contribution is 5.49. The van der Waals surface area contributed by atoms with E-state index in [4.69, 9.17) is 0 Å². The Labute approximate surface area is 97.8 Å². The molecule has 3 heterocycles. The van der Waals surface area contributed by atoms with Gasteiger partial charge in [0.1, 0.15) is 0 Å². The molecule has 3 saturated heterocycles. The first-order valence-corrected chi connectivity index (χ1v) is 6.39. The predicted octanol–water partition coefficient (Wildman–Crippen LogP) is 3.18. The fourth-order valence-electron chi connectivity index (χ4n) is 3.00. The maximum Gasteiger partial charge on any atom is 0.0284 e. The minimum absolute atomic E-state index is 0.702. The van der Waals surface area contributed by atoms with E-state index in [9.17, 15) is 0 Å². The normalized spacial score (nSPS) is 33.4. The molecule has 0 saturated carbocycles. The van der Waals surface area contributed by atoms with E-state index in [1.807, 2.05) is 0 Å². The van der Waals surface area contributed by atoms with Crippen LogP contribution in [0.15, 0.2) is 36.4 Å². The molecule has 0 amide bonds. The summed E-state index contributed by atoms with van der Waals surface area (Å²) in [5.41, 5.74) is 1.32. The van der Waals surface area contributed by atoms with Crippen molar-refractivity contribution in [1.82, 2.24) is 4.90 Å². The lowest BCUT2D eigenvalue weighted by Gasteiger charge is -2.44. The van der Waals surface area contributed by atoms with Gasteiger partial charge in [0, 0.05) is 6.04 Å². The molecular weight excluding hydrogens is 194 g/mol. The summed E-state index contributed by atoms with van der Waals surface area (Å²) in [6, 6.07) is 11.3. The molecule has 1 heteroatoms. The van der Waals surface area contributed by atoms with E-state index < -0.39 is 0 Å². The van der Waals surface area contributed by atoms with Crippen molar-refractivity contribution in [2.75, 3.05) is 13.1 Å². The van der Waals surface area contributed by atoms with Crippen LogP contribution in [0.2, 0.25) is 0 Å².